The van der Waals surface area contributed by atoms with Crippen LogP contribution in [0.3, 0.4) is 0 Å². The molecule has 0 bridgehead atoms. The summed E-state index contributed by atoms with van der Waals surface area (Å²) in [6, 6.07) is 15.9. The number of rotatable bonds is 4. The molecule has 3 rings (SSSR count). The molecule has 1 aromatic heterocycles. The number of aromatic amines is 1. The number of hydrogen-bond acceptors (Lipinski definition) is 3. The summed E-state index contributed by atoms with van der Waals surface area (Å²) >= 11 is 5.17. The Balaban J connectivity index is 1.84. The zero-order valence-electron chi connectivity index (χ0n) is 12.1. The van der Waals surface area contributed by atoms with Crippen LogP contribution in [0.4, 0.5) is 4.39 Å². The molecule has 0 atom stereocenters. The summed E-state index contributed by atoms with van der Waals surface area (Å²) in [7, 11) is 0. The lowest BCUT2D eigenvalue weighted by molar-refractivity contribution is 0.628. The van der Waals surface area contributed by atoms with Gasteiger partial charge in [0.15, 0.2) is 5.82 Å². The predicted octanol–water partition coefficient (Wildman–Crippen LogP) is 4.29. The highest BCUT2D eigenvalue weighted by Crippen LogP contribution is 2.17. The summed E-state index contributed by atoms with van der Waals surface area (Å²) in [6.45, 7) is 0. The Morgan fingerprint density at radius 2 is 1.83 bits per heavy atom. The molecule has 0 radical (unpaired) electrons. The zero-order chi connectivity index (χ0) is 16.1. The molecule has 0 spiro atoms. The van der Waals surface area contributed by atoms with Gasteiger partial charge in [-0.3, -0.25) is 0 Å². The van der Waals surface area contributed by atoms with Gasteiger partial charge in [-0.15, -0.1) is 0 Å². The van der Waals surface area contributed by atoms with Crippen LogP contribution in [0.2, 0.25) is 0 Å². The van der Waals surface area contributed by atoms with Crippen molar-refractivity contribution in [1.29, 1.82) is 0 Å². The summed E-state index contributed by atoms with van der Waals surface area (Å²) in [5, 5.41) is 11.1. The van der Waals surface area contributed by atoms with Crippen molar-refractivity contribution < 1.29 is 4.39 Å². The van der Waals surface area contributed by atoms with Gasteiger partial charge < -0.3 is 0 Å². The summed E-state index contributed by atoms with van der Waals surface area (Å²) in [6.07, 6.45) is 5.38. The molecule has 0 aliphatic heterocycles. The zero-order valence-corrected chi connectivity index (χ0v) is 12.9. The molecule has 2 aromatic carbocycles. The molecule has 1 N–H and O–H groups in total. The lowest BCUT2D eigenvalue weighted by Crippen LogP contribution is -1.93. The number of nitrogens with one attached hydrogen (secondary N) is 1. The largest absolute Gasteiger partial charge is 0.250 e. The van der Waals surface area contributed by atoms with Crippen LogP contribution in [0, 0.1) is 10.6 Å². The average molecular weight is 324 g/mol. The predicted molar refractivity (Wildman–Crippen MR) is 92.2 cm³/mol. The van der Waals surface area contributed by atoms with Crippen LogP contribution in [0.15, 0.2) is 65.8 Å². The number of H-pyrrole nitrogens is 1. The highest BCUT2D eigenvalue weighted by Gasteiger charge is 2.07. The quantitative estimate of drug-likeness (QED) is 0.575. The van der Waals surface area contributed by atoms with E-state index in [0.717, 1.165) is 11.1 Å². The van der Waals surface area contributed by atoms with Crippen molar-refractivity contribution in [1.82, 2.24) is 14.9 Å². The topological polar surface area (TPSA) is 46.0 Å². The molecular weight excluding hydrogens is 311 g/mol. The molecule has 0 aliphatic rings. The molecule has 23 heavy (non-hydrogen) atoms. The minimum atomic E-state index is -0.302. The molecule has 0 amide bonds. The summed E-state index contributed by atoms with van der Waals surface area (Å²) < 4.78 is 14.9. The van der Waals surface area contributed by atoms with Gasteiger partial charge in [-0.05, 0) is 48.1 Å². The first kappa shape index (κ1) is 15.1. The van der Waals surface area contributed by atoms with E-state index >= 15 is 0 Å². The van der Waals surface area contributed by atoms with E-state index in [0.29, 0.717) is 10.6 Å². The molecular formula is C17H13FN4S. The van der Waals surface area contributed by atoms with E-state index in [-0.39, 0.29) is 5.82 Å². The number of nitrogens with zero attached hydrogens (tertiary/aromatic N) is 3. The normalized spacial score (nSPS) is 11.5. The smallest absolute Gasteiger partial charge is 0.216 e. The van der Waals surface area contributed by atoms with E-state index in [1.54, 1.807) is 18.3 Å². The Labute approximate surface area is 137 Å². The van der Waals surface area contributed by atoms with E-state index < -0.39 is 0 Å². The molecule has 4 nitrogen and oxygen atoms in total. The fourth-order valence-electron chi connectivity index (χ4n) is 2.01. The number of hydrogen-bond donors (Lipinski definition) is 1. The molecule has 0 fully saturated rings. The van der Waals surface area contributed by atoms with Crippen LogP contribution in [-0.4, -0.2) is 21.1 Å². The summed E-state index contributed by atoms with van der Waals surface area (Å²) in [5.74, 6) is 0.225. The second-order valence-corrected chi connectivity index (χ2v) is 5.09. The van der Waals surface area contributed by atoms with Crippen molar-refractivity contribution >= 4 is 24.5 Å². The van der Waals surface area contributed by atoms with Crippen LogP contribution in [-0.2, 0) is 0 Å². The Hall–Kier alpha value is -2.86. The van der Waals surface area contributed by atoms with Crippen LogP contribution >= 0.6 is 12.2 Å². The number of allylic oxidation sites excluding steroid dienone is 1. The Morgan fingerprint density at radius 3 is 2.57 bits per heavy atom. The van der Waals surface area contributed by atoms with Crippen molar-refractivity contribution in [2.24, 2.45) is 5.10 Å². The molecule has 1 heterocycles. The van der Waals surface area contributed by atoms with Gasteiger partial charge in [0.1, 0.15) is 5.82 Å². The third kappa shape index (κ3) is 3.67. The maximum absolute atomic E-state index is 13.0. The first-order valence-electron chi connectivity index (χ1n) is 6.93. The Bertz CT molecular complexity index is 892. The number of benzene rings is 2. The van der Waals surface area contributed by atoms with E-state index in [1.807, 2.05) is 42.5 Å². The van der Waals surface area contributed by atoms with Crippen molar-refractivity contribution in [2.75, 3.05) is 0 Å². The number of halogens is 1. The SMILES string of the molecule is Fc1ccc(-c2n[nH]c(=S)n2N=CC=Cc2ccccc2)cc1. The van der Waals surface area contributed by atoms with Crippen LogP contribution in [0.1, 0.15) is 5.56 Å². The summed E-state index contributed by atoms with van der Waals surface area (Å²) in [4.78, 5) is 0. The Morgan fingerprint density at radius 1 is 1.09 bits per heavy atom. The molecule has 0 saturated carbocycles. The highest BCUT2D eigenvalue weighted by molar-refractivity contribution is 7.71. The van der Waals surface area contributed by atoms with Gasteiger partial charge in [-0.1, -0.05) is 36.4 Å². The first-order chi connectivity index (χ1) is 11.2. The second kappa shape index (κ2) is 6.93. The third-order valence-electron chi connectivity index (χ3n) is 3.11. The third-order valence-corrected chi connectivity index (χ3v) is 3.37. The van der Waals surface area contributed by atoms with Gasteiger partial charge in [0.25, 0.3) is 0 Å². The van der Waals surface area contributed by atoms with Gasteiger partial charge in [-0.25, -0.2) is 9.49 Å². The van der Waals surface area contributed by atoms with Gasteiger partial charge in [0.05, 0.1) is 0 Å². The van der Waals surface area contributed by atoms with E-state index in [2.05, 4.69) is 15.3 Å². The minimum Gasteiger partial charge on any atom is -0.250 e. The fourth-order valence-corrected chi connectivity index (χ4v) is 2.19. The van der Waals surface area contributed by atoms with Gasteiger partial charge in [-0.2, -0.15) is 14.9 Å². The van der Waals surface area contributed by atoms with E-state index in [4.69, 9.17) is 12.2 Å². The van der Waals surface area contributed by atoms with Crippen molar-refractivity contribution in [2.45, 2.75) is 0 Å². The van der Waals surface area contributed by atoms with E-state index in [9.17, 15) is 4.39 Å². The van der Waals surface area contributed by atoms with Crippen LogP contribution in [0.5, 0.6) is 0 Å². The van der Waals surface area contributed by atoms with Crippen molar-refractivity contribution in [3.05, 3.63) is 76.8 Å². The lowest BCUT2D eigenvalue weighted by atomic mass is 10.2. The maximum Gasteiger partial charge on any atom is 0.216 e. The highest BCUT2D eigenvalue weighted by atomic mass is 32.1. The molecule has 0 saturated heterocycles. The van der Waals surface area contributed by atoms with Gasteiger partial charge >= 0.3 is 0 Å². The van der Waals surface area contributed by atoms with Crippen LogP contribution < -0.4 is 0 Å². The molecule has 114 valence electrons. The molecule has 6 heteroatoms. The number of aromatic nitrogens is 3. The lowest BCUT2D eigenvalue weighted by Gasteiger charge is -2.00. The first-order valence-corrected chi connectivity index (χ1v) is 7.34. The van der Waals surface area contributed by atoms with Crippen molar-refractivity contribution in [3.8, 4) is 11.4 Å². The standard InChI is InChI=1S/C17H13FN4S/c18-15-10-8-14(9-11-15)16-20-21-17(23)22(16)19-12-4-7-13-5-2-1-3-6-13/h1-12H,(H,21,23). The van der Waals surface area contributed by atoms with Gasteiger partial charge in [0.2, 0.25) is 4.77 Å². The van der Waals surface area contributed by atoms with Crippen LogP contribution in [0.25, 0.3) is 17.5 Å². The summed E-state index contributed by atoms with van der Waals surface area (Å²) in [5.41, 5.74) is 1.80. The van der Waals surface area contributed by atoms with Crippen molar-refractivity contribution in [3.63, 3.8) is 0 Å². The maximum atomic E-state index is 13.0. The molecule has 0 unspecified atom stereocenters. The van der Waals surface area contributed by atoms with Gasteiger partial charge in [0, 0.05) is 11.8 Å². The monoisotopic (exact) mass is 324 g/mol. The minimum absolute atomic E-state index is 0.302. The Kier molecular flexibility index (Phi) is 4.54. The average Bonchev–Trinajstić information content (AvgIpc) is 2.94. The van der Waals surface area contributed by atoms with E-state index in [1.165, 1.54) is 16.8 Å². The molecule has 3 aromatic rings. The molecule has 0 aliphatic carbocycles. The second-order valence-electron chi connectivity index (χ2n) is 4.71. The fraction of sp³-hybridized carbons (Fsp3) is 0.